The van der Waals surface area contributed by atoms with Crippen molar-refractivity contribution in [1.82, 2.24) is 9.88 Å². The number of ether oxygens (including phenoxy) is 4. The van der Waals surface area contributed by atoms with Gasteiger partial charge in [0.1, 0.15) is 17.7 Å². The first-order chi connectivity index (χ1) is 28.2. The van der Waals surface area contributed by atoms with E-state index in [-0.39, 0.29) is 23.0 Å². The van der Waals surface area contributed by atoms with Gasteiger partial charge < -0.3 is 43.8 Å². The number of rotatable bonds is 7. The van der Waals surface area contributed by atoms with Crippen molar-refractivity contribution < 1.29 is 43.1 Å². The molecule has 2 bridgehead atoms. The van der Waals surface area contributed by atoms with Crippen LogP contribution in [-0.2, 0) is 45.8 Å². The summed E-state index contributed by atoms with van der Waals surface area (Å²) in [6.07, 6.45) is 7.45. The third-order valence-electron chi connectivity index (χ3n) is 15.3. The molecule has 59 heavy (non-hydrogen) atoms. The van der Waals surface area contributed by atoms with Crippen LogP contribution >= 0.6 is 0 Å². The monoisotopic (exact) mass is 808 g/mol. The third kappa shape index (κ3) is 5.14. The second-order valence-corrected chi connectivity index (χ2v) is 17.9. The van der Waals surface area contributed by atoms with E-state index >= 15 is 4.79 Å². The number of anilines is 1. The molecule has 1 spiro atoms. The minimum Gasteiger partial charge on any atom is -0.633 e. The van der Waals surface area contributed by atoms with Gasteiger partial charge in [0.05, 0.1) is 40.5 Å². The molecule has 2 N–H and O–H groups in total. The lowest BCUT2D eigenvalue weighted by molar-refractivity contribution is -0.880. The molecule has 6 aliphatic rings. The van der Waals surface area contributed by atoms with Gasteiger partial charge in [-0.3, -0.25) is 14.5 Å². The number of aromatic amines is 1. The van der Waals surface area contributed by atoms with Gasteiger partial charge in [-0.25, -0.2) is 4.79 Å². The van der Waals surface area contributed by atoms with E-state index in [2.05, 4.69) is 29.0 Å². The topological polar surface area (TPSA) is 154 Å². The molecular formula is C46H56N4O9. The molecule has 1 aromatic heterocycles. The van der Waals surface area contributed by atoms with Crippen LogP contribution in [0.5, 0.6) is 5.75 Å². The Morgan fingerprint density at radius 3 is 2.51 bits per heavy atom. The van der Waals surface area contributed by atoms with Crippen molar-refractivity contribution in [2.75, 3.05) is 66.0 Å². The second kappa shape index (κ2) is 13.7. The average Bonchev–Trinajstić information content (AvgIpc) is 3.89. The molecule has 2 aromatic carbocycles. The van der Waals surface area contributed by atoms with E-state index < -0.39 is 51.9 Å². The number of benzene rings is 2. The normalized spacial score (nSPS) is 35.6. The molecule has 13 nitrogen and oxygen atoms in total. The van der Waals surface area contributed by atoms with E-state index in [1.54, 1.807) is 7.11 Å². The van der Waals surface area contributed by atoms with Crippen molar-refractivity contribution in [2.24, 2.45) is 11.3 Å². The molecule has 0 amide bonds. The second-order valence-electron chi connectivity index (χ2n) is 17.9. The van der Waals surface area contributed by atoms with Crippen LogP contribution in [0.1, 0.15) is 68.8 Å². The number of carbonyl (C=O) groups excluding carboxylic acids is 3. The van der Waals surface area contributed by atoms with Crippen LogP contribution in [0.3, 0.4) is 0 Å². The van der Waals surface area contributed by atoms with Crippen LogP contribution in [-0.4, -0.2) is 122 Å². The van der Waals surface area contributed by atoms with Gasteiger partial charge in [0.25, 0.3) is 0 Å². The molecule has 1 saturated carbocycles. The first kappa shape index (κ1) is 39.8. The summed E-state index contributed by atoms with van der Waals surface area (Å²) in [6, 6.07) is 10.7. The first-order valence-corrected chi connectivity index (χ1v) is 21.0. The minimum absolute atomic E-state index is 0.241. The number of carbonyl (C=O) groups is 3. The zero-order valence-electron chi connectivity index (χ0n) is 35.1. The Hall–Kier alpha value is -4.69. The Bertz CT molecular complexity index is 2320. The highest BCUT2D eigenvalue weighted by Crippen LogP contribution is 2.68. The van der Waals surface area contributed by atoms with Crippen molar-refractivity contribution in [3.8, 4) is 5.75 Å². The van der Waals surface area contributed by atoms with Gasteiger partial charge in [0.2, 0.25) is 5.60 Å². The molecule has 5 aliphatic heterocycles. The van der Waals surface area contributed by atoms with E-state index in [9.17, 15) is 19.9 Å². The Kier molecular flexibility index (Phi) is 9.21. The van der Waals surface area contributed by atoms with Gasteiger partial charge in [-0.15, -0.1) is 0 Å². The van der Waals surface area contributed by atoms with E-state index in [0.29, 0.717) is 69.0 Å². The summed E-state index contributed by atoms with van der Waals surface area (Å²) in [4.78, 5) is 50.7. The number of methoxy groups -OCH3 is 3. The highest BCUT2D eigenvalue weighted by Gasteiger charge is 2.80. The molecule has 13 heteroatoms. The molecule has 1 saturated heterocycles. The minimum atomic E-state index is -2.31. The van der Waals surface area contributed by atoms with Crippen LogP contribution in [0.2, 0.25) is 0 Å². The summed E-state index contributed by atoms with van der Waals surface area (Å²) in [7, 11) is 6.10. The van der Waals surface area contributed by atoms with E-state index in [1.165, 1.54) is 21.1 Å². The third-order valence-corrected chi connectivity index (χ3v) is 15.3. The zero-order valence-corrected chi connectivity index (χ0v) is 35.1. The summed E-state index contributed by atoms with van der Waals surface area (Å²) in [5.41, 5.74) is -0.0423. The van der Waals surface area contributed by atoms with Crippen molar-refractivity contribution >= 4 is 34.5 Å². The Morgan fingerprint density at radius 2 is 1.81 bits per heavy atom. The van der Waals surface area contributed by atoms with E-state index in [4.69, 9.17) is 18.9 Å². The number of nitrogens with zero attached hydrogens (tertiary/aromatic N) is 3. The number of aromatic nitrogens is 1. The molecular weight excluding hydrogens is 753 g/mol. The molecule has 314 valence electrons. The van der Waals surface area contributed by atoms with Crippen molar-refractivity contribution in [1.29, 1.82) is 0 Å². The van der Waals surface area contributed by atoms with Crippen molar-refractivity contribution in [3.05, 3.63) is 87.8 Å². The number of para-hydroxylation sites is 1. The maximum Gasteiger partial charge on any atom is 0.344 e. The average molecular weight is 809 g/mol. The SMILES string of the molecule is CCC1=CC2CC(C(=O)OC)(c3cc4c(cc3OC)N(C)C3C(O)(C(=O)OC)C(OC(C)=O)C5(CC)C=CCN6CCC43C65)c3[nH]c4ccccc4c3CC[N+]([O-])(C1)C2. The summed E-state index contributed by atoms with van der Waals surface area (Å²) >= 11 is 0. The number of fused-ring (bicyclic) bond motifs is 6. The lowest BCUT2D eigenvalue weighted by Gasteiger charge is -2.63. The largest absolute Gasteiger partial charge is 0.633 e. The number of aliphatic hydroxyl groups is 1. The first-order valence-electron chi connectivity index (χ1n) is 21.0. The van der Waals surface area contributed by atoms with Crippen molar-refractivity contribution in [2.45, 2.75) is 87.5 Å². The number of likely N-dealkylation sites (N-methyl/N-ethyl adjacent to an activating group) is 1. The molecule has 2 fully saturated rings. The summed E-state index contributed by atoms with van der Waals surface area (Å²) in [5, 5.41) is 29.0. The number of nitrogens with one attached hydrogen (secondary N) is 1. The maximum atomic E-state index is 15.3. The maximum absolute atomic E-state index is 15.3. The zero-order chi connectivity index (χ0) is 41.9. The number of hydroxylamine groups is 3. The Morgan fingerprint density at radius 1 is 1.05 bits per heavy atom. The van der Waals surface area contributed by atoms with E-state index in [0.717, 1.165) is 39.7 Å². The lowest BCUT2D eigenvalue weighted by Crippen LogP contribution is -2.81. The standard InChI is InChI=1S/C46H56N4O9/c1-8-28-21-29-24-45(41(52)57-6,37-31(15-20-50(55,25-28)26-29)30-13-10-11-14-34(30)47-37)33-22-32-35(23-36(33)56-5)48(4)39-44(32)17-19-49-18-12-16-43(9-2,38(44)49)40(59-27(3)51)46(39,54)42(53)58-7/h10-14,16,21-23,29,38-40,47,54H,8-9,15,17-20,24-26H2,1-7H3. The highest BCUT2D eigenvalue weighted by atomic mass is 16.6. The van der Waals surface area contributed by atoms with Crippen molar-refractivity contribution in [3.63, 3.8) is 0 Å². The van der Waals surface area contributed by atoms with Crippen LogP contribution in [0.15, 0.2) is 60.2 Å². The number of hydrogen-bond donors (Lipinski definition) is 2. The van der Waals surface area contributed by atoms with Gasteiger partial charge in [-0.1, -0.05) is 50.3 Å². The quantitative estimate of drug-likeness (QED) is 0.111. The number of H-pyrrole nitrogens is 1. The van der Waals surface area contributed by atoms with Crippen LogP contribution in [0.25, 0.3) is 10.9 Å². The van der Waals surface area contributed by atoms with Gasteiger partial charge >= 0.3 is 17.9 Å². The highest BCUT2D eigenvalue weighted by molar-refractivity contribution is 5.95. The number of quaternary nitrogens is 1. The fourth-order valence-corrected chi connectivity index (χ4v) is 13.3. The molecule has 9 unspecified atom stereocenters. The fourth-order valence-electron chi connectivity index (χ4n) is 13.3. The molecule has 9 rings (SSSR count). The predicted octanol–water partition coefficient (Wildman–Crippen LogP) is 4.81. The molecule has 6 heterocycles. The molecule has 1 aliphatic carbocycles. The summed E-state index contributed by atoms with van der Waals surface area (Å²) < 4.78 is 23.5. The van der Waals surface area contributed by atoms with Gasteiger partial charge in [0, 0.05) is 83.6 Å². The van der Waals surface area contributed by atoms with Crippen LogP contribution in [0.4, 0.5) is 5.69 Å². The van der Waals surface area contributed by atoms with Gasteiger partial charge in [-0.05, 0) is 61.1 Å². The molecule has 0 radical (unpaired) electrons. The smallest absolute Gasteiger partial charge is 0.344 e. The molecule has 3 aromatic rings. The lowest BCUT2D eigenvalue weighted by atomic mass is 9.47. The van der Waals surface area contributed by atoms with E-state index in [1.807, 2.05) is 61.4 Å². The van der Waals surface area contributed by atoms with Crippen LogP contribution in [0, 0.1) is 16.5 Å². The summed E-state index contributed by atoms with van der Waals surface area (Å²) in [6.45, 7) is 7.76. The number of esters is 3. The fraction of sp³-hybridized carbons (Fsp3) is 0.543. The van der Waals surface area contributed by atoms with Gasteiger partial charge in [0.15, 0.2) is 6.10 Å². The van der Waals surface area contributed by atoms with Gasteiger partial charge in [-0.2, -0.15) is 0 Å². The number of hydrogen-bond acceptors (Lipinski definition) is 11. The summed E-state index contributed by atoms with van der Waals surface area (Å²) in [5.74, 6) is -1.82. The Labute approximate surface area is 345 Å². The Balaban J connectivity index is 1.38. The predicted molar refractivity (Wildman–Crippen MR) is 221 cm³/mol. The molecule has 9 atom stereocenters. The van der Waals surface area contributed by atoms with Crippen LogP contribution < -0.4 is 9.64 Å².